The summed E-state index contributed by atoms with van der Waals surface area (Å²) in [6.45, 7) is 1.96. The summed E-state index contributed by atoms with van der Waals surface area (Å²) in [7, 11) is 0. The van der Waals surface area contributed by atoms with Gasteiger partial charge in [0.15, 0.2) is 5.56 Å². The fourth-order valence-corrected chi connectivity index (χ4v) is 0.850. The first-order valence-electron chi connectivity index (χ1n) is 3.81. The molecule has 0 saturated heterocycles. The molecule has 0 rings (SSSR count). The van der Waals surface area contributed by atoms with Gasteiger partial charge in [-0.15, -0.1) is 0 Å². The van der Waals surface area contributed by atoms with Gasteiger partial charge in [-0.05, 0) is 12.8 Å². The average Bonchev–Trinajstić information content (AvgIpc) is 1.98. The van der Waals surface area contributed by atoms with E-state index < -0.39 is 17.9 Å². The fourth-order valence-electron chi connectivity index (χ4n) is 0.623. The van der Waals surface area contributed by atoms with E-state index in [0.29, 0.717) is 6.42 Å². The van der Waals surface area contributed by atoms with Gasteiger partial charge in [0.25, 0.3) is 0 Å². The Kier molecular flexibility index (Phi) is 6.05. The lowest BCUT2D eigenvalue weighted by Gasteiger charge is -2.08. The minimum absolute atomic E-state index is 0.479. The number of carbonyl (C=O) groups is 2. The van der Waals surface area contributed by atoms with Crippen molar-refractivity contribution in [3.63, 3.8) is 0 Å². The number of carboxylic acid groups (broad SMARTS) is 1. The van der Waals surface area contributed by atoms with Gasteiger partial charge in [-0.3, -0.25) is 0 Å². The Balaban J connectivity index is 3.59. The van der Waals surface area contributed by atoms with Crippen molar-refractivity contribution in [2.24, 2.45) is 0 Å². The summed E-state index contributed by atoms with van der Waals surface area (Å²) in [4.78, 5) is 20.4. The van der Waals surface area contributed by atoms with E-state index in [1.807, 2.05) is 6.92 Å². The summed E-state index contributed by atoms with van der Waals surface area (Å²) >= 11 is 5.52. The fraction of sp³-hybridized carbons (Fsp3) is 0.714. The van der Waals surface area contributed by atoms with Gasteiger partial charge in [-0.25, -0.2) is 9.59 Å². The number of rotatable bonds is 4. The third-order valence-electron chi connectivity index (χ3n) is 1.18. The zero-order valence-electron chi connectivity index (χ0n) is 7.16. The third-order valence-corrected chi connectivity index (χ3v) is 1.49. The normalized spacial score (nSPS) is 11.8. The van der Waals surface area contributed by atoms with Crippen molar-refractivity contribution in [3.8, 4) is 0 Å². The predicted octanol–water partition coefficient (Wildman–Crippen LogP) is 2.57. The molecule has 76 valence electrons. The summed E-state index contributed by atoms with van der Waals surface area (Å²) in [5.41, 5.74) is -0.827. The lowest BCUT2D eigenvalue weighted by molar-refractivity contribution is 0.0453. The first-order valence-corrected chi connectivity index (χ1v) is 4.25. The highest BCUT2D eigenvalue weighted by atomic mass is 35.5. The van der Waals surface area contributed by atoms with Gasteiger partial charge in [0.1, 0.15) is 0 Å². The summed E-state index contributed by atoms with van der Waals surface area (Å²) in [6, 6.07) is 0. The van der Waals surface area contributed by atoms with E-state index in [-0.39, 0.29) is 0 Å². The average molecular weight is 211 g/mol. The van der Waals surface area contributed by atoms with Crippen LogP contribution in [0.25, 0.3) is 0 Å². The predicted molar refractivity (Wildman–Crippen MR) is 44.8 cm³/mol. The van der Waals surface area contributed by atoms with Crippen LogP contribution in [0.5, 0.6) is 0 Å². The number of hydrogen-bond acceptors (Lipinski definition) is 4. The maximum Gasteiger partial charge on any atom is 0.520 e. The van der Waals surface area contributed by atoms with Crippen molar-refractivity contribution in [2.45, 2.75) is 31.7 Å². The van der Waals surface area contributed by atoms with E-state index in [0.717, 1.165) is 12.8 Å². The molecule has 0 amide bonds. The molecule has 5 nitrogen and oxygen atoms in total. The molecule has 1 unspecified atom stereocenters. The van der Waals surface area contributed by atoms with Crippen LogP contribution in [-0.2, 0) is 9.47 Å². The lowest BCUT2D eigenvalue weighted by Crippen LogP contribution is -2.16. The smallest absolute Gasteiger partial charge is 0.449 e. The highest BCUT2D eigenvalue weighted by Gasteiger charge is 2.14. The van der Waals surface area contributed by atoms with E-state index in [2.05, 4.69) is 9.47 Å². The van der Waals surface area contributed by atoms with Gasteiger partial charge < -0.3 is 14.6 Å². The monoisotopic (exact) mass is 210 g/mol. The lowest BCUT2D eigenvalue weighted by atomic mass is 10.3. The largest absolute Gasteiger partial charge is 0.520 e. The molecule has 0 aromatic heterocycles. The van der Waals surface area contributed by atoms with E-state index in [9.17, 15) is 9.59 Å². The van der Waals surface area contributed by atoms with Crippen LogP contribution >= 0.6 is 11.6 Å². The first-order chi connectivity index (χ1) is 6.06. The molecular formula is C7H11ClO5. The Morgan fingerprint density at radius 3 is 2.62 bits per heavy atom. The SMILES string of the molecule is CCCCC(Cl)OC(=O)OC(=O)O. The number of unbranched alkanes of at least 4 members (excludes halogenated alkanes) is 1. The van der Waals surface area contributed by atoms with Gasteiger partial charge in [-0.1, -0.05) is 24.9 Å². The number of alkyl halides is 1. The Labute approximate surface area is 80.6 Å². The molecule has 0 aliphatic heterocycles. The standard InChI is InChI=1S/C7H11ClO5/c1-2-3-4-5(8)12-7(11)13-6(9)10/h5H,2-4H2,1H3,(H,9,10). The molecule has 0 spiro atoms. The first kappa shape index (κ1) is 12.0. The molecule has 0 radical (unpaired) electrons. The van der Waals surface area contributed by atoms with Gasteiger partial charge in [0, 0.05) is 0 Å². The van der Waals surface area contributed by atoms with E-state index >= 15 is 0 Å². The molecule has 6 heteroatoms. The van der Waals surface area contributed by atoms with Crippen LogP contribution in [0.3, 0.4) is 0 Å². The van der Waals surface area contributed by atoms with Crippen LogP contribution in [0.2, 0.25) is 0 Å². The zero-order chi connectivity index (χ0) is 10.3. The summed E-state index contributed by atoms with van der Waals surface area (Å²) in [6.07, 6.45) is -0.796. The van der Waals surface area contributed by atoms with Crippen molar-refractivity contribution in [2.75, 3.05) is 0 Å². The number of hydrogen-bond donors (Lipinski definition) is 1. The second-order valence-electron chi connectivity index (χ2n) is 2.29. The van der Waals surface area contributed by atoms with Crippen molar-refractivity contribution in [1.82, 2.24) is 0 Å². The summed E-state index contributed by atoms with van der Waals surface area (Å²) in [5.74, 6) is 0. The van der Waals surface area contributed by atoms with Crippen LogP contribution in [0, 0.1) is 0 Å². The molecule has 0 bridgehead atoms. The molecule has 0 aliphatic carbocycles. The quantitative estimate of drug-likeness (QED) is 0.439. The van der Waals surface area contributed by atoms with Gasteiger partial charge in [0.2, 0.25) is 0 Å². The van der Waals surface area contributed by atoms with Gasteiger partial charge >= 0.3 is 12.3 Å². The zero-order valence-corrected chi connectivity index (χ0v) is 7.91. The summed E-state index contributed by atoms with van der Waals surface area (Å²) < 4.78 is 8.06. The number of carbonyl (C=O) groups excluding carboxylic acids is 1. The third kappa shape index (κ3) is 7.39. The highest BCUT2D eigenvalue weighted by molar-refractivity contribution is 6.20. The molecule has 1 N–H and O–H groups in total. The molecule has 0 fully saturated rings. The maximum atomic E-state index is 10.5. The van der Waals surface area contributed by atoms with Crippen molar-refractivity contribution in [3.05, 3.63) is 0 Å². The van der Waals surface area contributed by atoms with Crippen molar-refractivity contribution >= 4 is 23.9 Å². The van der Waals surface area contributed by atoms with Gasteiger partial charge in [0.05, 0.1) is 0 Å². The van der Waals surface area contributed by atoms with Crippen LogP contribution in [-0.4, -0.2) is 23.0 Å². The second-order valence-corrected chi connectivity index (χ2v) is 2.77. The topological polar surface area (TPSA) is 72.8 Å². The maximum absolute atomic E-state index is 10.5. The van der Waals surface area contributed by atoms with E-state index in [1.54, 1.807) is 0 Å². The van der Waals surface area contributed by atoms with Crippen molar-refractivity contribution in [1.29, 1.82) is 0 Å². The summed E-state index contributed by atoms with van der Waals surface area (Å²) in [5, 5.41) is 8.01. The van der Waals surface area contributed by atoms with Crippen LogP contribution in [0.1, 0.15) is 26.2 Å². The molecule has 0 aromatic carbocycles. The van der Waals surface area contributed by atoms with E-state index in [1.165, 1.54) is 0 Å². The van der Waals surface area contributed by atoms with E-state index in [4.69, 9.17) is 16.7 Å². The van der Waals surface area contributed by atoms with Crippen LogP contribution in [0.15, 0.2) is 0 Å². The van der Waals surface area contributed by atoms with Crippen LogP contribution in [0.4, 0.5) is 9.59 Å². The van der Waals surface area contributed by atoms with Crippen molar-refractivity contribution < 1.29 is 24.2 Å². The number of ether oxygens (including phenoxy) is 2. The molecule has 1 atom stereocenters. The Morgan fingerprint density at radius 2 is 2.15 bits per heavy atom. The molecule has 13 heavy (non-hydrogen) atoms. The molecule has 0 saturated carbocycles. The Bertz CT molecular complexity index is 182. The Hall–Kier alpha value is -0.970. The van der Waals surface area contributed by atoms with Crippen LogP contribution < -0.4 is 0 Å². The minimum atomic E-state index is -1.70. The molecule has 0 aromatic rings. The Morgan fingerprint density at radius 1 is 1.54 bits per heavy atom. The molecule has 0 heterocycles. The minimum Gasteiger partial charge on any atom is -0.449 e. The second kappa shape index (κ2) is 6.54. The molecular weight excluding hydrogens is 200 g/mol. The molecule has 0 aliphatic rings. The van der Waals surface area contributed by atoms with Gasteiger partial charge in [-0.2, -0.15) is 0 Å². The number of halogens is 1. The highest BCUT2D eigenvalue weighted by Crippen LogP contribution is 2.09.